The molecule has 0 amide bonds. The van der Waals surface area contributed by atoms with E-state index >= 15 is 0 Å². The molecule has 2 rings (SSSR count). The monoisotopic (exact) mass is 390 g/mol. The van der Waals surface area contributed by atoms with Crippen molar-refractivity contribution < 1.29 is 14.0 Å². The van der Waals surface area contributed by atoms with Crippen LogP contribution < -0.4 is 14.6 Å². The molecular weight excluding hydrogens is 368 g/mol. The standard InChI is InChI=1S/C15H23BrN2O3S/c1-9-7-12(13(16)14(18-9)20-4)21-11-6-5-10(11)8-15(2,3)22(17)19/h7,10-11H,5-6,8,17H2,1-4H3/t10-,11+,22?/m1/s1. The van der Waals surface area contributed by atoms with E-state index in [1.165, 1.54) is 0 Å². The predicted octanol–water partition coefficient (Wildman–Crippen LogP) is 3.11. The minimum absolute atomic E-state index is 0.116. The Morgan fingerprint density at radius 2 is 2.18 bits per heavy atom. The molecule has 1 aromatic heterocycles. The van der Waals surface area contributed by atoms with Gasteiger partial charge < -0.3 is 14.0 Å². The molecule has 0 aliphatic heterocycles. The molecule has 22 heavy (non-hydrogen) atoms. The number of aromatic nitrogens is 1. The lowest BCUT2D eigenvalue weighted by Crippen LogP contribution is -2.46. The minimum atomic E-state index is -1.33. The fourth-order valence-electron chi connectivity index (χ4n) is 2.62. The number of methoxy groups -OCH3 is 1. The van der Waals surface area contributed by atoms with Crippen molar-refractivity contribution in [1.29, 1.82) is 0 Å². The maximum Gasteiger partial charge on any atom is 0.231 e. The van der Waals surface area contributed by atoms with Crippen LogP contribution in [-0.2, 0) is 11.4 Å². The van der Waals surface area contributed by atoms with Gasteiger partial charge in [-0.3, -0.25) is 0 Å². The Bertz CT molecular complexity index is 540. The minimum Gasteiger partial charge on any atom is -0.598 e. The van der Waals surface area contributed by atoms with Gasteiger partial charge in [-0.05, 0) is 49.5 Å². The van der Waals surface area contributed by atoms with Crippen molar-refractivity contribution in [3.8, 4) is 11.6 Å². The Balaban J connectivity index is 2.07. The highest BCUT2D eigenvalue weighted by Crippen LogP contribution is 2.41. The summed E-state index contributed by atoms with van der Waals surface area (Å²) in [5.41, 5.74) is 0.842. The highest BCUT2D eigenvalue weighted by Gasteiger charge is 2.41. The van der Waals surface area contributed by atoms with Crippen LogP contribution >= 0.6 is 15.9 Å². The second-order valence-corrected chi connectivity index (χ2v) is 8.83. The van der Waals surface area contributed by atoms with Gasteiger partial charge in [0.25, 0.3) is 0 Å². The number of nitrogens with zero attached hydrogens (tertiary/aromatic N) is 1. The van der Waals surface area contributed by atoms with E-state index < -0.39 is 16.1 Å². The number of ether oxygens (including phenoxy) is 2. The summed E-state index contributed by atoms with van der Waals surface area (Å²) in [5.74, 6) is 1.63. The summed E-state index contributed by atoms with van der Waals surface area (Å²) in [5, 5.41) is 5.58. The van der Waals surface area contributed by atoms with Crippen LogP contribution in [0.1, 0.15) is 38.8 Å². The molecule has 0 saturated heterocycles. The largest absolute Gasteiger partial charge is 0.598 e. The van der Waals surface area contributed by atoms with Crippen LogP contribution in [0.3, 0.4) is 0 Å². The van der Waals surface area contributed by atoms with E-state index in [1.54, 1.807) is 7.11 Å². The quantitative estimate of drug-likeness (QED) is 0.754. The van der Waals surface area contributed by atoms with Crippen LogP contribution in [0.2, 0.25) is 0 Å². The lowest BCUT2D eigenvalue weighted by atomic mass is 9.76. The topological polar surface area (TPSA) is 80.4 Å². The van der Waals surface area contributed by atoms with Crippen LogP contribution in [0.25, 0.3) is 0 Å². The zero-order valence-electron chi connectivity index (χ0n) is 13.4. The normalized spacial score (nSPS) is 22.9. The predicted molar refractivity (Wildman–Crippen MR) is 91.4 cm³/mol. The molecular formula is C15H23BrN2O3S. The third-order valence-corrected chi connectivity index (χ3v) is 6.13. The number of nitrogens with two attached hydrogens (primary N) is 1. The van der Waals surface area contributed by atoms with Crippen LogP contribution in [0.5, 0.6) is 11.6 Å². The van der Waals surface area contributed by atoms with Gasteiger partial charge in [0, 0.05) is 35.5 Å². The molecule has 1 aliphatic rings. The molecule has 1 saturated carbocycles. The maximum atomic E-state index is 11.6. The van der Waals surface area contributed by atoms with Gasteiger partial charge in [-0.2, -0.15) is 5.14 Å². The van der Waals surface area contributed by atoms with Gasteiger partial charge >= 0.3 is 0 Å². The molecule has 0 spiro atoms. The lowest BCUT2D eigenvalue weighted by Gasteiger charge is -2.40. The fraction of sp³-hybridized carbons (Fsp3) is 0.667. The van der Waals surface area contributed by atoms with E-state index in [9.17, 15) is 4.55 Å². The summed E-state index contributed by atoms with van der Waals surface area (Å²) in [4.78, 5) is 4.30. The first-order valence-corrected chi connectivity index (χ1v) is 9.29. The molecule has 5 nitrogen and oxygen atoms in total. The van der Waals surface area contributed by atoms with Crippen LogP contribution in [-0.4, -0.2) is 27.5 Å². The molecule has 1 aliphatic carbocycles. The summed E-state index contributed by atoms with van der Waals surface area (Å²) in [6, 6.07) is 1.90. The van der Waals surface area contributed by atoms with Crippen molar-refractivity contribution in [2.45, 2.75) is 50.9 Å². The number of pyridine rings is 1. The van der Waals surface area contributed by atoms with Crippen molar-refractivity contribution >= 4 is 27.3 Å². The second-order valence-electron chi connectivity index (χ2n) is 6.34. The highest BCUT2D eigenvalue weighted by atomic mass is 79.9. The van der Waals surface area contributed by atoms with E-state index in [4.69, 9.17) is 14.6 Å². The van der Waals surface area contributed by atoms with Gasteiger partial charge in [-0.15, -0.1) is 0 Å². The molecule has 1 unspecified atom stereocenters. The Labute approximate surface area is 143 Å². The molecule has 1 heterocycles. The number of hydrogen-bond donors (Lipinski definition) is 1. The molecule has 2 N–H and O–H groups in total. The maximum absolute atomic E-state index is 11.6. The van der Waals surface area contributed by atoms with Gasteiger partial charge in [-0.25, -0.2) is 4.98 Å². The van der Waals surface area contributed by atoms with Gasteiger partial charge in [-0.1, -0.05) is 0 Å². The Kier molecular flexibility index (Phi) is 5.63. The molecule has 0 bridgehead atoms. The van der Waals surface area contributed by atoms with E-state index in [0.717, 1.165) is 35.2 Å². The van der Waals surface area contributed by atoms with Crippen molar-refractivity contribution in [2.75, 3.05) is 7.11 Å². The molecule has 3 atom stereocenters. The van der Waals surface area contributed by atoms with Gasteiger partial charge in [0.1, 0.15) is 21.1 Å². The zero-order valence-corrected chi connectivity index (χ0v) is 15.8. The molecule has 124 valence electrons. The molecule has 1 aromatic rings. The summed E-state index contributed by atoms with van der Waals surface area (Å²) in [6.07, 6.45) is 2.98. The van der Waals surface area contributed by atoms with E-state index in [0.29, 0.717) is 11.8 Å². The Morgan fingerprint density at radius 1 is 1.50 bits per heavy atom. The number of aryl methyl sites for hydroxylation is 1. The first kappa shape index (κ1) is 17.8. The lowest BCUT2D eigenvalue weighted by molar-refractivity contribution is 0.0355. The summed E-state index contributed by atoms with van der Waals surface area (Å²) >= 11 is 2.15. The van der Waals surface area contributed by atoms with Gasteiger partial charge in [0.15, 0.2) is 0 Å². The SMILES string of the molecule is COc1nc(C)cc(O[C@H]2CC[C@@H]2CC(C)(C)[S+](N)[O-])c1Br. The van der Waals surface area contributed by atoms with Crippen LogP contribution in [0.4, 0.5) is 0 Å². The number of hydrogen-bond acceptors (Lipinski definition) is 5. The second kappa shape index (κ2) is 6.95. The van der Waals surface area contributed by atoms with E-state index in [2.05, 4.69) is 20.9 Å². The first-order chi connectivity index (χ1) is 10.2. The average molecular weight is 391 g/mol. The van der Waals surface area contributed by atoms with Crippen molar-refractivity contribution in [2.24, 2.45) is 11.1 Å². The molecule has 0 radical (unpaired) electrons. The zero-order chi connectivity index (χ0) is 16.5. The van der Waals surface area contributed by atoms with E-state index in [1.807, 2.05) is 26.8 Å². The van der Waals surface area contributed by atoms with Crippen molar-refractivity contribution in [1.82, 2.24) is 4.98 Å². The number of rotatable bonds is 6. The highest BCUT2D eigenvalue weighted by molar-refractivity contribution is 9.10. The van der Waals surface area contributed by atoms with Crippen LogP contribution in [0, 0.1) is 12.8 Å². The third-order valence-electron chi connectivity index (χ3n) is 4.14. The Morgan fingerprint density at radius 3 is 2.68 bits per heavy atom. The van der Waals surface area contributed by atoms with Crippen molar-refractivity contribution in [3.63, 3.8) is 0 Å². The molecule has 1 fully saturated rings. The summed E-state index contributed by atoms with van der Waals surface area (Å²) in [7, 11) is 1.58. The Hall–Kier alpha value is -0.500. The van der Waals surface area contributed by atoms with Gasteiger partial charge in [0.05, 0.1) is 7.11 Å². The van der Waals surface area contributed by atoms with Gasteiger partial charge in [0.2, 0.25) is 5.88 Å². The first-order valence-electron chi connectivity index (χ1n) is 7.28. The van der Waals surface area contributed by atoms with Crippen LogP contribution in [0.15, 0.2) is 10.5 Å². The van der Waals surface area contributed by atoms with E-state index in [-0.39, 0.29) is 6.10 Å². The third kappa shape index (κ3) is 3.88. The summed E-state index contributed by atoms with van der Waals surface area (Å²) < 4.78 is 23.3. The number of halogens is 1. The summed E-state index contributed by atoms with van der Waals surface area (Å²) in [6.45, 7) is 5.78. The van der Waals surface area contributed by atoms with Crippen molar-refractivity contribution in [3.05, 3.63) is 16.2 Å². The molecule has 0 aromatic carbocycles. The molecule has 7 heteroatoms. The fourth-order valence-corrected chi connectivity index (χ4v) is 3.46. The smallest absolute Gasteiger partial charge is 0.231 e. The average Bonchev–Trinajstić information content (AvgIpc) is 2.43.